The van der Waals surface area contributed by atoms with Gasteiger partial charge in [0, 0.05) is 10.0 Å². The van der Waals surface area contributed by atoms with Crippen molar-refractivity contribution in [1.82, 2.24) is 0 Å². The molecule has 0 aliphatic heterocycles. The first-order chi connectivity index (χ1) is 5.61. The average Bonchev–Trinajstić information content (AvgIpc) is 2.04. The van der Waals surface area contributed by atoms with Crippen molar-refractivity contribution in [2.45, 2.75) is 0 Å². The zero-order valence-electron chi connectivity index (χ0n) is 6.18. The second kappa shape index (κ2) is 3.87. The van der Waals surface area contributed by atoms with E-state index in [-0.39, 0.29) is 0 Å². The Balaban J connectivity index is 2.98. The van der Waals surface area contributed by atoms with E-state index in [0.717, 1.165) is 10.0 Å². The van der Waals surface area contributed by atoms with E-state index in [1.54, 1.807) is 12.1 Å². The lowest BCUT2D eigenvalue weighted by molar-refractivity contribution is -0.106. The molecule has 1 aromatic rings. The quantitative estimate of drug-likeness (QED) is 0.577. The molecule has 0 heterocycles. The molecule has 0 aliphatic carbocycles. The van der Waals surface area contributed by atoms with Crippen molar-refractivity contribution in [2.75, 3.05) is 0 Å². The van der Waals surface area contributed by atoms with Gasteiger partial charge in [-0.3, -0.25) is 4.79 Å². The number of carbonyl (C=O) groups excluding carboxylic acids is 1. The minimum atomic E-state index is -0.516. The van der Waals surface area contributed by atoms with E-state index in [0.29, 0.717) is 5.57 Å². The van der Waals surface area contributed by atoms with Crippen molar-refractivity contribution in [2.24, 2.45) is 0 Å². The van der Waals surface area contributed by atoms with E-state index in [4.69, 9.17) is 11.6 Å². The summed E-state index contributed by atoms with van der Waals surface area (Å²) in [5.41, 5.74) is 1.07. The monoisotopic (exact) mass is 244 g/mol. The van der Waals surface area contributed by atoms with Crippen molar-refractivity contribution in [3.8, 4) is 0 Å². The molecule has 0 radical (unpaired) electrons. The second-order valence-electron chi connectivity index (χ2n) is 2.26. The highest BCUT2D eigenvalue weighted by Crippen LogP contribution is 2.18. The van der Waals surface area contributed by atoms with Gasteiger partial charge in [-0.25, -0.2) is 0 Å². The number of halogens is 2. The van der Waals surface area contributed by atoms with E-state index in [9.17, 15) is 4.79 Å². The predicted octanol–water partition coefficient (Wildman–Crippen LogP) is 3.23. The van der Waals surface area contributed by atoms with Crippen LogP contribution in [0.5, 0.6) is 0 Å². The van der Waals surface area contributed by atoms with Crippen LogP contribution in [0, 0.1) is 0 Å². The molecule has 1 aromatic carbocycles. The number of allylic oxidation sites excluding steroid dienone is 1. The third kappa shape index (κ3) is 2.19. The molecule has 0 amide bonds. The van der Waals surface area contributed by atoms with Crippen LogP contribution in [0.4, 0.5) is 0 Å². The molecule has 0 bridgehead atoms. The molecule has 0 aromatic heterocycles. The highest BCUT2D eigenvalue weighted by molar-refractivity contribution is 9.10. The second-order valence-corrected chi connectivity index (χ2v) is 3.52. The fourth-order valence-corrected chi connectivity index (χ4v) is 1.14. The van der Waals surface area contributed by atoms with Crippen molar-refractivity contribution in [3.63, 3.8) is 0 Å². The lowest BCUT2D eigenvalue weighted by atomic mass is 10.1. The van der Waals surface area contributed by atoms with Gasteiger partial charge >= 0.3 is 0 Å². The fraction of sp³-hybridized carbons (Fsp3) is 0. The summed E-state index contributed by atoms with van der Waals surface area (Å²) in [6, 6.07) is 7.24. The van der Waals surface area contributed by atoms with Crippen LogP contribution < -0.4 is 0 Å². The predicted molar refractivity (Wildman–Crippen MR) is 54.0 cm³/mol. The Morgan fingerprint density at radius 3 is 2.25 bits per heavy atom. The molecule has 0 saturated heterocycles. The molecule has 62 valence electrons. The molecule has 0 fully saturated rings. The Bertz CT molecular complexity index is 316. The summed E-state index contributed by atoms with van der Waals surface area (Å²) in [7, 11) is 0. The maximum Gasteiger partial charge on any atom is 0.252 e. The van der Waals surface area contributed by atoms with Gasteiger partial charge in [0.2, 0.25) is 0 Å². The first-order valence-corrected chi connectivity index (χ1v) is 4.43. The number of hydrogen-bond donors (Lipinski definition) is 0. The minimum absolute atomic E-state index is 0.323. The molecule has 0 aliphatic rings. The third-order valence-corrected chi connectivity index (χ3v) is 2.19. The third-order valence-electron chi connectivity index (χ3n) is 1.43. The molecular formula is C9H6BrClO. The summed E-state index contributed by atoms with van der Waals surface area (Å²) >= 11 is 8.54. The van der Waals surface area contributed by atoms with Crippen LogP contribution in [0.25, 0.3) is 5.57 Å². The minimum Gasteiger partial charge on any atom is -0.276 e. The van der Waals surface area contributed by atoms with Crippen LogP contribution in [-0.2, 0) is 4.79 Å². The van der Waals surface area contributed by atoms with Crippen LogP contribution >= 0.6 is 27.5 Å². The first kappa shape index (κ1) is 9.49. The van der Waals surface area contributed by atoms with Gasteiger partial charge in [-0.05, 0) is 29.3 Å². The topological polar surface area (TPSA) is 17.1 Å². The van der Waals surface area contributed by atoms with Crippen LogP contribution in [0.1, 0.15) is 5.56 Å². The standard InChI is InChI=1S/C9H6BrClO/c1-6(9(11)12)7-2-4-8(10)5-3-7/h2-5H,1H2. The lowest BCUT2D eigenvalue weighted by Gasteiger charge is -1.99. The summed E-state index contributed by atoms with van der Waals surface area (Å²) in [4.78, 5) is 10.7. The molecule has 0 atom stereocenters. The Hall–Kier alpha value is -0.600. The van der Waals surface area contributed by atoms with Crippen molar-refractivity contribution in [3.05, 3.63) is 40.9 Å². The van der Waals surface area contributed by atoms with Gasteiger partial charge in [-0.2, -0.15) is 0 Å². The first-order valence-electron chi connectivity index (χ1n) is 3.26. The Labute approximate surface area is 84.2 Å². The highest BCUT2D eigenvalue weighted by Gasteiger charge is 2.04. The molecule has 0 spiro atoms. The van der Waals surface area contributed by atoms with Crippen molar-refractivity contribution in [1.29, 1.82) is 0 Å². The molecule has 0 N–H and O–H groups in total. The summed E-state index contributed by atoms with van der Waals surface area (Å²) in [6.07, 6.45) is 0. The largest absolute Gasteiger partial charge is 0.276 e. The van der Waals surface area contributed by atoms with Crippen LogP contribution in [0.2, 0.25) is 0 Å². The van der Waals surface area contributed by atoms with Crippen LogP contribution in [-0.4, -0.2) is 5.24 Å². The number of hydrogen-bond acceptors (Lipinski definition) is 1. The van der Waals surface area contributed by atoms with Gasteiger partial charge in [-0.1, -0.05) is 34.6 Å². The maximum absolute atomic E-state index is 10.7. The van der Waals surface area contributed by atoms with Crippen LogP contribution in [0.3, 0.4) is 0 Å². The fourth-order valence-electron chi connectivity index (χ4n) is 0.765. The van der Waals surface area contributed by atoms with Crippen molar-refractivity contribution < 1.29 is 4.79 Å². The smallest absolute Gasteiger partial charge is 0.252 e. The zero-order chi connectivity index (χ0) is 9.14. The molecule has 0 unspecified atom stereocenters. The van der Waals surface area contributed by atoms with E-state index in [2.05, 4.69) is 22.5 Å². The summed E-state index contributed by atoms with van der Waals surface area (Å²) in [6.45, 7) is 3.56. The number of rotatable bonds is 2. The zero-order valence-corrected chi connectivity index (χ0v) is 8.52. The van der Waals surface area contributed by atoms with E-state index in [1.807, 2.05) is 12.1 Å². The Morgan fingerprint density at radius 2 is 1.83 bits per heavy atom. The summed E-state index contributed by atoms with van der Waals surface area (Å²) in [5, 5.41) is -0.516. The lowest BCUT2D eigenvalue weighted by Crippen LogP contribution is -1.90. The SMILES string of the molecule is C=C(C(=O)Cl)c1ccc(Br)cc1. The number of carbonyl (C=O) groups is 1. The normalized spacial score (nSPS) is 9.50. The van der Waals surface area contributed by atoms with Crippen LogP contribution in [0.15, 0.2) is 35.3 Å². The van der Waals surface area contributed by atoms with Gasteiger partial charge in [0.25, 0.3) is 5.24 Å². The van der Waals surface area contributed by atoms with E-state index >= 15 is 0 Å². The van der Waals surface area contributed by atoms with Gasteiger partial charge in [-0.15, -0.1) is 0 Å². The Morgan fingerprint density at radius 1 is 1.33 bits per heavy atom. The molecular weight excluding hydrogens is 239 g/mol. The number of benzene rings is 1. The molecule has 0 saturated carbocycles. The average molecular weight is 246 g/mol. The summed E-state index contributed by atoms with van der Waals surface area (Å²) in [5.74, 6) is 0. The van der Waals surface area contributed by atoms with E-state index < -0.39 is 5.24 Å². The summed E-state index contributed by atoms with van der Waals surface area (Å²) < 4.78 is 0.959. The van der Waals surface area contributed by atoms with Crippen molar-refractivity contribution >= 4 is 38.3 Å². The van der Waals surface area contributed by atoms with Gasteiger partial charge < -0.3 is 0 Å². The molecule has 12 heavy (non-hydrogen) atoms. The van der Waals surface area contributed by atoms with E-state index in [1.165, 1.54) is 0 Å². The van der Waals surface area contributed by atoms with Gasteiger partial charge in [0.15, 0.2) is 0 Å². The molecule has 1 rings (SSSR count). The molecule has 1 nitrogen and oxygen atoms in total. The van der Waals surface area contributed by atoms with Gasteiger partial charge in [0.05, 0.1) is 0 Å². The Kier molecular flexibility index (Phi) is 3.06. The molecule has 3 heteroatoms. The maximum atomic E-state index is 10.7. The van der Waals surface area contributed by atoms with Gasteiger partial charge in [0.1, 0.15) is 0 Å². The highest BCUT2D eigenvalue weighted by atomic mass is 79.9.